The molecule has 2 aliphatic carbocycles. The summed E-state index contributed by atoms with van der Waals surface area (Å²) in [4.78, 5) is 25.8. The second-order valence-electron chi connectivity index (χ2n) is 7.23. The third kappa shape index (κ3) is 3.79. The molecule has 2 fully saturated rings. The first kappa shape index (κ1) is 17.6. The molecule has 2 amide bonds. The second-order valence-corrected chi connectivity index (χ2v) is 8.69. The van der Waals surface area contributed by atoms with E-state index < -0.39 is 0 Å². The van der Waals surface area contributed by atoms with Gasteiger partial charge in [0.25, 0.3) is 11.8 Å². The first-order valence-electron chi connectivity index (χ1n) is 9.00. The van der Waals surface area contributed by atoms with Crippen LogP contribution < -0.4 is 10.6 Å². The molecule has 0 spiro atoms. The maximum absolute atomic E-state index is 12.7. The predicted molar refractivity (Wildman–Crippen MR) is 105 cm³/mol. The lowest BCUT2D eigenvalue weighted by Gasteiger charge is -2.17. The van der Waals surface area contributed by atoms with E-state index in [-0.39, 0.29) is 11.8 Å². The van der Waals surface area contributed by atoms with Crippen molar-refractivity contribution in [1.82, 2.24) is 5.32 Å². The molecular weight excluding hydrogens is 368 g/mol. The predicted octanol–water partition coefficient (Wildman–Crippen LogP) is 4.88. The van der Waals surface area contributed by atoms with E-state index in [2.05, 4.69) is 10.6 Å². The summed E-state index contributed by atoms with van der Waals surface area (Å²) in [6, 6.07) is 9.09. The highest BCUT2D eigenvalue weighted by Gasteiger charge is 2.42. The number of hydrogen-bond acceptors (Lipinski definition) is 3. The quantitative estimate of drug-likeness (QED) is 0.740. The molecule has 1 heterocycles. The smallest absolute Gasteiger partial charge is 0.261 e. The standard InChI is InChI=1S/C20H21ClN2O2S/c1-11-10-16(22-19(24)14-4-2-3-5-15(14)21)26-18(11)20(25)23-17(12-6-7-12)13-8-9-13/h2-5,10,12-13,17H,6-9H2,1H3,(H,22,24)(H,23,25). The molecule has 0 atom stereocenters. The van der Waals surface area contributed by atoms with Crippen LogP contribution in [0.1, 0.15) is 51.3 Å². The van der Waals surface area contributed by atoms with Crippen molar-refractivity contribution >= 4 is 39.8 Å². The van der Waals surface area contributed by atoms with Gasteiger partial charge in [-0.15, -0.1) is 11.3 Å². The minimum absolute atomic E-state index is 0.0189. The highest BCUT2D eigenvalue weighted by atomic mass is 35.5. The lowest BCUT2D eigenvalue weighted by molar-refractivity contribution is 0.0929. The Hall–Kier alpha value is -1.85. The molecule has 4 rings (SSSR count). The Bertz CT molecular complexity index is 843. The highest BCUT2D eigenvalue weighted by Crippen LogP contribution is 2.44. The molecular formula is C20H21ClN2O2S. The summed E-state index contributed by atoms with van der Waals surface area (Å²) >= 11 is 7.39. The molecule has 2 saturated carbocycles. The van der Waals surface area contributed by atoms with Gasteiger partial charge in [0.05, 0.1) is 20.5 Å². The molecule has 2 aliphatic rings. The average molecular weight is 389 g/mol. The van der Waals surface area contributed by atoms with E-state index in [4.69, 9.17) is 11.6 Å². The van der Waals surface area contributed by atoms with Crippen LogP contribution in [-0.2, 0) is 0 Å². The summed E-state index contributed by atoms with van der Waals surface area (Å²) in [5.41, 5.74) is 1.31. The van der Waals surface area contributed by atoms with Gasteiger partial charge in [0.1, 0.15) is 0 Å². The number of aryl methyl sites for hydroxylation is 1. The molecule has 136 valence electrons. The summed E-state index contributed by atoms with van der Waals surface area (Å²) in [7, 11) is 0. The third-order valence-electron chi connectivity index (χ3n) is 5.04. The Morgan fingerprint density at radius 2 is 1.77 bits per heavy atom. The molecule has 4 nitrogen and oxygen atoms in total. The van der Waals surface area contributed by atoms with Gasteiger partial charge in [-0.3, -0.25) is 9.59 Å². The van der Waals surface area contributed by atoms with Crippen molar-refractivity contribution < 1.29 is 9.59 Å². The fraction of sp³-hybridized carbons (Fsp3) is 0.400. The van der Waals surface area contributed by atoms with E-state index in [0.717, 1.165) is 5.56 Å². The van der Waals surface area contributed by atoms with Crippen molar-refractivity contribution in [2.75, 3.05) is 5.32 Å². The summed E-state index contributed by atoms with van der Waals surface area (Å²) in [6.45, 7) is 1.90. The van der Waals surface area contributed by atoms with Gasteiger partial charge in [0.2, 0.25) is 0 Å². The van der Waals surface area contributed by atoms with Crippen molar-refractivity contribution in [1.29, 1.82) is 0 Å². The zero-order chi connectivity index (χ0) is 18.3. The Morgan fingerprint density at radius 3 is 2.38 bits per heavy atom. The van der Waals surface area contributed by atoms with Crippen LogP contribution in [0.4, 0.5) is 5.00 Å². The number of carbonyl (C=O) groups is 2. The van der Waals surface area contributed by atoms with Gasteiger partial charge in [0, 0.05) is 6.04 Å². The molecule has 1 aromatic carbocycles. The number of benzene rings is 1. The number of hydrogen-bond donors (Lipinski definition) is 2. The number of nitrogens with one attached hydrogen (secondary N) is 2. The van der Waals surface area contributed by atoms with Crippen LogP contribution in [0.2, 0.25) is 5.02 Å². The normalized spacial score (nSPS) is 16.6. The van der Waals surface area contributed by atoms with Crippen LogP contribution in [-0.4, -0.2) is 17.9 Å². The summed E-state index contributed by atoms with van der Waals surface area (Å²) in [5, 5.41) is 7.17. The van der Waals surface area contributed by atoms with Crippen LogP contribution in [0.25, 0.3) is 0 Å². The minimum atomic E-state index is -0.266. The number of amides is 2. The Labute approximate surface area is 161 Å². The zero-order valence-electron chi connectivity index (χ0n) is 14.5. The van der Waals surface area contributed by atoms with E-state index in [1.165, 1.54) is 37.0 Å². The summed E-state index contributed by atoms with van der Waals surface area (Å²) < 4.78 is 0. The molecule has 0 unspecified atom stereocenters. The van der Waals surface area contributed by atoms with Crippen LogP contribution in [0.15, 0.2) is 30.3 Å². The number of halogens is 1. The summed E-state index contributed by atoms with van der Waals surface area (Å²) in [6.07, 6.45) is 4.90. The van der Waals surface area contributed by atoms with Crippen LogP contribution in [0.3, 0.4) is 0 Å². The van der Waals surface area contributed by atoms with Crippen molar-refractivity contribution in [2.45, 2.75) is 38.6 Å². The lowest BCUT2D eigenvalue weighted by Crippen LogP contribution is -2.37. The molecule has 26 heavy (non-hydrogen) atoms. The fourth-order valence-corrected chi connectivity index (χ4v) is 4.53. The Morgan fingerprint density at radius 1 is 1.12 bits per heavy atom. The minimum Gasteiger partial charge on any atom is -0.348 e. The fourth-order valence-electron chi connectivity index (χ4n) is 3.34. The van der Waals surface area contributed by atoms with Gasteiger partial charge in [-0.1, -0.05) is 23.7 Å². The van der Waals surface area contributed by atoms with Crippen molar-refractivity contribution in [3.63, 3.8) is 0 Å². The first-order valence-corrected chi connectivity index (χ1v) is 10.2. The van der Waals surface area contributed by atoms with Crippen molar-refractivity contribution in [2.24, 2.45) is 11.8 Å². The molecule has 1 aromatic heterocycles. The van der Waals surface area contributed by atoms with Gasteiger partial charge in [-0.25, -0.2) is 0 Å². The van der Waals surface area contributed by atoms with Gasteiger partial charge in [-0.05, 0) is 68.2 Å². The average Bonchev–Trinajstić information content (AvgIpc) is 3.52. The number of carbonyl (C=O) groups excluding carboxylic acids is 2. The molecule has 2 aromatic rings. The van der Waals surface area contributed by atoms with E-state index in [1.54, 1.807) is 24.3 Å². The highest BCUT2D eigenvalue weighted by molar-refractivity contribution is 7.18. The molecule has 0 saturated heterocycles. The van der Waals surface area contributed by atoms with E-state index in [9.17, 15) is 9.59 Å². The van der Waals surface area contributed by atoms with E-state index in [0.29, 0.717) is 38.3 Å². The third-order valence-corrected chi connectivity index (χ3v) is 6.52. The number of anilines is 1. The number of thiophene rings is 1. The van der Waals surface area contributed by atoms with Crippen molar-refractivity contribution in [3.05, 3.63) is 51.4 Å². The van der Waals surface area contributed by atoms with Crippen LogP contribution >= 0.6 is 22.9 Å². The largest absolute Gasteiger partial charge is 0.348 e. The topological polar surface area (TPSA) is 58.2 Å². The first-order chi connectivity index (χ1) is 12.5. The monoisotopic (exact) mass is 388 g/mol. The van der Waals surface area contributed by atoms with Gasteiger partial charge in [-0.2, -0.15) is 0 Å². The molecule has 0 radical (unpaired) electrons. The molecule has 6 heteroatoms. The van der Waals surface area contributed by atoms with Gasteiger partial charge in [0.15, 0.2) is 0 Å². The van der Waals surface area contributed by atoms with Crippen LogP contribution in [0, 0.1) is 18.8 Å². The zero-order valence-corrected chi connectivity index (χ0v) is 16.1. The maximum Gasteiger partial charge on any atom is 0.261 e. The second kappa shape index (κ2) is 7.05. The Kier molecular flexibility index (Phi) is 4.76. The van der Waals surface area contributed by atoms with E-state index >= 15 is 0 Å². The lowest BCUT2D eigenvalue weighted by atomic mass is 10.1. The molecule has 0 bridgehead atoms. The number of rotatable bonds is 6. The summed E-state index contributed by atoms with van der Waals surface area (Å²) in [5.74, 6) is 1.03. The van der Waals surface area contributed by atoms with Crippen LogP contribution in [0.5, 0.6) is 0 Å². The van der Waals surface area contributed by atoms with Gasteiger partial charge >= 0.3 is 0 Å². The molecule has 2 N–H and O–H groups in total. The van der Waals surface area contributed by atoms with Gasteiger partial charge < -0.3 is 10.6 Å². The van der Waals surface area contributed by atoms with E-state index in [1.807, 2.05) is 13.0 Å². The Balaban J connectivity index is 1.46. The SMILES string of the molecule is Cc1cc(NC(=O)c2ccccc2Cl)sc1C(=O)NC(C1CC1)C1CC1. The maximum atomic E-state index is 12.7. The van der Waals surface area contributed by atoms with Crippen molar-refractivity contribution in [3.8, 4) is 0 Å². The molecule has 0 aliphatic heterocycles.